The molecular weight excluding hydrogens is 429 g/mol. The van der Waals surface area contributed by atoms with Gasteiger partial charge in [0.05, 0.1) is 21.3 Å². The number of likely N-dealkylation sites (N-methyl/N-ethyl adjacent to an activating group) is 1. The number of methoxy groups -OCH3 is 3. The summed E-state index contributed by atoms with van der Waals surface area (Å²) in [5, 5.41) is 0.212. The van der Waals surface area contributed by atoms with E-state index >= 15 is 0 Å². The molecule has 0 bridgehead atoms. The topological polar surface area (TPSA) is 74.3 Å². The number of amides is 1. The first-order valence-corrected chi connectivity index (χ1v) is 9.50. The van der Waals surface area contributed by atoms with Crippen LogP contribution < -0.4 is 14.2 Å². The summed E-state index contributed by atoms with van der Waals surface area (Å²) >= 11 is 5.97. The van der Waals surface area contributed by atoms with Crippen molar-refractivity contribution in [3.05, 3.63) is 58.4 Å². The summed E-state index contributed by atoms with van der Waals surface area (Å²) in [6, 6.07) is 7.53. The lowest BCUT2D eigenvalue weighted by Crippen LogP contribution is -2.31. The Morgan fingerprint density at radius 2 is 1.71 bits per heavy atom. The van der Waals surface area contributed by atoms with Crippen molar-refractivity contribution in [3.8, 4) is 17.2 Å². The van der Waals surface area contributed by atoms with E-state index in [0.717, 1.165) is 6.08 Å². The average molecular weight is 452 g/mol. The first kappa shape index (κ1) is 24.0. The highest BCUT2D eigenvalue weighted by Crippen LogP contribution is 2.35. The van der Waals surface area contributed by atoms with E-state index < -0.39 is 24.3 Å². The van der Waals surface area contributed by atoms with Crippen molar-refractivity contribution in [3.63, 3.8) is 0 Å². The van der Waals surface area contributed by atoms with Crippen molar-refractivity contribution in [1.82, 2.24) is 4.90 Å². The second-order valence-electron chi connectivity index (χ2n) is 6.34. The van der Waals surface area contributed by atoms with Gasteiger partial charge in [0, 0.05) is 41.9 Å². The molecule has 0 aliphatic rings. The van der Waals surface area contributed by atoms with Gasteiger partial charge in [-0.25, -0.2) is 9.18 Å². The molecular formula is C22H23ClFNO6. The number of benzene rings is 2. The summed E-state index contributed by atoms with van der Waals surface area (Å²) in [5.41, 5.74) is 0.738. The molecule has 1 amide bonds. The van der Waals surface area contributed by atoms with Gasteiger partial charge in [0.2, 0.25) is 0 Å². The summed E-state index contributed by atoms with van der Waals surface area (Å²) in [5.74, 6) is -0.370. The van der Waals surface area contributed by atoms with Gasteiger partial charge in [-0.2, -0.15) is 0 Å². The zero-order chi connectivity index (χ0) is 23.0. The molecule has 2 aromatic rings. The summed E-state index contributed by atoms with van der Waals surface area (Å²) in [4.78, 5) is 25.5. The van der Waals surface area contributed by atoms with E-state index in [-0.39, 0.29) is 17.1 Å². The highest BCUT2D eigenvalue weighted by molar-refractivity contribution is 6.31. The van der Waals surface area contributed by atoms with Crippen LogP contribution in [0.15, 0.2) is 36.4 Å². The Labute approximate surface area is 184 Å². The summed E-state index contributed by atoms with van der Waals surface area (Å²) in [6.07, 6.45) is 2.63. The third-order valence-corrected chi connectivity index (χ3v) is 4.71. The number of halogens is 2. The fourth-order valence-electron chi connectivity index (χ4n) is 2.64. The maximum atomic E-state index is 13.9. The molecule has 0 aromatic heterocycles. The molecule has 31 heavy (non-hydrogen) atoms. The van der Waals surface area contributed by atoms with Crippen molar-refractivity contribution in [2.75, 3.05) is 35.0 Å². The maximum Gasteiger partial charge on any atom is 0.331 e. The first-order chi connectivity index (χ1) is 14.8. The fourth-order valence-corrected chi connectivity index (χ4v) is 2.86. The van der Waals surface area contributed by atoms with Crippen LogP contribution in [0.2, 0.25) is 5.02 Å². The van der Waals surface area contributed by atoms with E-state index in [2.05, 4.69) is 0 Å². The molecule has 0 aliphatic carbocycles. The zero-order valence-corrected chi connectivity index (χ0v) is 18.4. The van der Waals surface area contributed by atoms with E-state index in [1.54, 1.807) is 12.1 Å². The van der Waals surface area contributed by atoms with Gasteiger partial charge in [-0.15, -0.1) is 0 Å². The lowest BCUT2D eigenvalue weighted by molar-refractivity contribution is -0.147. The Morgan fingerprint density at radius 3 is 2.32 bits per heavy atom. The Kier molecular flexibility index (Phi) is 8.69. The Balaban J connectivity index is 1.98. The fraction of sp³-hybridized carbons (Fsp3) is 0.273. The molecule has 0 radical (unpaired) electrons. The zero-order valence-electron chi connectivity index (χ0n) is 17.6. The number of carbonyl (C=O) groups is 2. The molecule has 0 spiro atoms. The van der Waals surface area contributed by atoms with E-state index in [1.807, 2.05) is 0 Å². The highest BCUT2D eigenvalue weighted by Gasteiger charge is 2.16. The number of nitrogens with zero attached hydrogens (tertiary/aromatic N) is 1. The average Bonchev–Trinajstić information content (AvgIpc) is 2.77. The minimum atomic E-state index is -0.734. The molecule has 0 aliphatic heterocycles. The number of hydrogen-bond acceptors (Lipinski definition) is 6. The maximum absolute atomic E-state index is 13.9. The number of carbonyl (C=O) groups excluding carboxylic acids is 2. The molecule has 166 valence electrons. The van der Waals surface area contributed by atoms with Gasteiger partial charge in [0.1, 0.15) is 11.6 Å². The van der Waals surface area contributed by atoms with Crippen LogP contribution in [0.1, 0.15) is 11.1 Å². The van der Waals surface area contributed by atoms with Crippen LogP contribution in [0.4, 0.5) is 4.39 Å². The molecule has 9 heteroatoms. The predicted octanol–water partition coefficient (Wildman–Crippen LogP) is 3.72. The van der Waals surface area contributed by atoms with Crippen LogP contribution in [0.25, 0.3) is 6.08 Å². The van der Waals surface area contributed by atoms with Gasteiger partial charge in [-0.1, -0.05) is 17.7 Å². The van der Waals surface area contributed by atoms with Crippen LogP contribution in [0, 0.1) is 5.82 Å². The van der Waals surface area contributed by atoms with Crippen molar-refractivity contribution in [1.29, 1.82) is 0 Å². The molecule has 2 rings (SSSR count). The Morgan fingerprint density at radius 1 is 1.06 bits per heavy atom. The molecule has 7 nitrogen and oxygen atoms in total. The van der Waals surface area contributed by atoms with Crippen molar-refractivity contribution >= 4 is 29.6 Å². The van der Waals surface area contributed by atoms with Crippen molar-refractivity contribution in [2.45, 2.75) is 6.54 Å². The summed E-state index contributed by atoms with van der Waals surface area (Å²) in [7, 11) is 5.93. The molecule has 0 unspecified atom stereocenters. The van der Waals surface area contributed by atoms with Crippen LogP contribution >= 0.6 is 11.6 Å². The highest BCUT2D eigenvalue weighted by atomic mass is 35.5. The van der Waals surface area contributed by atoms with Gasteiger partial charge in [-0.05, 0) is 24.3 Å². The summed E-state index contributed by atoms with van der Waals surface area (Å²) in [6.45, 7) is -0.560. The van der Waals surface area contributed by atoms with Gasteiger partial charge in [0.25, 0.3) is 5.91 Å². The molecule has 2 aromatic carbocycles. The van der Waals surface area contributed by atoms with Crippen LogP contribution in [-0.2, 0) is 20.9 Å². The van der Waals surface area contributed by atoms with Crippen molar-refractivity contribution < 1.29 is 32.9 Å². The standard InChI is InChI=1S/C22H23ClFNO6/c1-25(12-15-16(23)6-5-7-17(15)24)21(26)13-31-22(27)9-8-14-10-19(29-3)20(30-4)11-18(14)28-2/h5-11H,12-13H2,1-4H3/b9-8+. The smallest absolute Gasteiger partial charge is 0.331 e. The first-order valence-electron chi connectivity index (χ1n) is 9.12. The third-order valence-electron chi connectivity index (χ3n) is 4.36. The third kappa shape index (κ3) is 6.36. The van der Waals surface area contributed by atoms with Gasteiger partial charge >= 0.3 is 5.97 Å². The number of rotatable bonds is 9. The Hall–Kier alpha value is -3.26. The van der Waals surface area contributed by atoms with Crippen molar-refractivity contribution in [2.24, 2.45) is 0 Å². The van der Waals surface area contributed by atoms with E-state index in [1.165, 1.54) is 57.6 Å². The molecule has 0 saturated heterocycles. The van der Waals surface area contributed by atoms with Gasteiger partial charge in [-0.3, -0.25) is 4.79 Å². The second-order valence-corrected chi connectivity index (χ2v) is 6.75. The largest absolute Gasteiger partial charge is 0.496 e. The van der Waals surface area contributed by atoms with Gasteiger partial charge < -0.3 is 23.8 Å². The number of ether oxygens (including phenoxy) is 4. The molecule has 0 heterocycles. The lowest BCUT2D eigenvalue weighted by atomic mass is 10.1. The summed E-state index contributed by atoms with van der Waals surface area (Å²) < 4.78 is 34.6. The molecule has 0 fully saturated rings. The van der Waals surface area contributed by atoms with E-state index in [9.17, 15) is 14.0 Å². The molecule has 0 saturated carbocycles. The molecule has 0 atom stereocenters. The molecule has 0 N–H and O–H groups in total. The van der Waals surface area contributed by atoms with Gasteiger partial charge in [0.15, 0.2) is 18.1 Å². The Bertz CT molecular complexity index is 958. The number of hydrogen-bond donors (Lipinski definition) is 0. The van der Waals surface area contributed by atoms with Crippen LogP contribution in [0.3, 0.4) is 0 Å². The predicted molar refractivity (Wildman–Crippen MR) is 114 cm³/mol. The normalized spacial score (nSPS) is 10.6. The second kappa shape index (κ2) is 11.2. The quantitative estimate of drug-likeness (QED) is 0.427. The van der Waals surface area contributed by atoms with E-state index in [4.69, 9.17) is 30.5 Å². The van der Waals surface area contributed by atoms with E-state index in [0.29, 0.717) is 22.8 Å². The SMILES string of the molecule is COc1cc(OC)c(OC)cc1/C=C/C(=O)OCC(=O)N(C)Cc1c(F)cccc1Cl. The minimum Gasteiger partial charge on any atom is -0.496 e. The lowest BCUT2D eigenvalue weighted by Gasteiger charge is -2.18. The minimum absolute atomic E-state index is 0.0550. The van der Waals surface area contributed by atoms with Crippen LogP contribution in [0.5, 0.6) is 17.2 Å². The number of esters is 1. The monoisotopic (exact) mass is 451 g/mol. The van der Waals surface area contributed by atoms with Crippen LogP contribution in [-0.4, -0.2) is 51.8 Å².